The zero-order valence-corrected chi connectivity index (χ0v) is 15.5. The summed E-state index contributed by atoms with van der Waals surface area (Å²) in [5, 5.41) is 2.89. The minimum atomic E-state index is -0.0421. The van der Waals surface area contributed by atoms with Crippen LogP contribution in [0, 0.1) is 5.92 Å². The summed E-state index contributed by atoms with van der Waals surface area (Å²) in [7, 11) is 0. The highest BCUT2D eigenvalue weighted by Gasteiger charge is 2.36. The molecule has 6 heteroatoms. The van der Waals surface area contributed by atoms with E-state index < -0.39 is 0 Å². The number of rotatable bonds is 5. The van der Waals surface area contributed by atoms with Crippen LogP contribution < -0.4 is 5.32 Å². The standard InChI is InChI=1S/C19H29N3O3/c1-13(2)20-19(24)22-10-8-21(9-11-22)18(23)7-5-15-4-6-17(25-15)16-12-14(16)3/h4,6,13-14,16H,5,7-12H2,1-3H3,(H,20,24)/t14-,16-/m0/s1. The Bertz CT molecular complexity index is 617. The van der Waals surface area contributed by atoms with Crippen molar-refractivity contribution in [1.29, 1.82) is 0 Å². The molecule has 1 saturated heterocycles. The second kappa shape index (κ2) is 7.50. The van der Waals surface area contributed by atoms with Crippen LogP contribution >= 0.6 is 0 Å². The van der Waals surface area contributed by atoms with Crippen LogP contribution in [-0.2, 0) is 11.2 Å². The van der Waals surface area contributed by atoms with Gasteiger partial charge in [-0.15, -0.1) is 0 Å². The van der Waals surface area contributed by atoms with Gasteiger partial charge in [0.15, 0.2) is 0 Å². The molecule has 1 aromatic rings. The number of urea groups is 1. The minimum Gasteiger partial charge on any atom is -0.466 e. The zero-order chi connectivity index (χ0) is 18.0. The second-order valence-electron chi connectivity index (χ2n) is 7.60. The van der Waals surface area contributed by atoms with Gasteiger partial charge in [-0.2, -0.15) is 0 Å². The molecule has 2 fully saturated rings. The molecule has 3 amide bonds. The summed E-state index contributed by atoms with van der Waals surface area (Å²) in [4.78, 5) is 28.0. The van der Waals surface area contributed by atoms with Gasteiger partial charge in [-0.1, -0.05) is 6.92 Å². The summed E-state index contributed by atoms with van der Waals surface area (Å²) in [6, 6.07) is 4.14. The highest BCUT2D eigenvalue weighted by Crippen LogP contribution is 2.47. The lowest BCUT2D eigenvalue weighted by Crippen LogP contribution is -2.54. The van der Waals surface area contributed by atoms with E-state index in [2.05, 4.69) is 18.3 Å². The van der Waals surface area contributed by atoms with E-state index in [1.807, 2.05) is 24.8 Å². The predicted octanol–water partition coefficient (Wildman–Crippen LogP) is 2.60. The molecule has 2 atom stereocenters. The fraction of sp³-hybridized carbons (Fsp3) is 0.684. The topological polar surface area (TPSA) is 65.8 Å². The van der Waals surface area contributed by atoms with Gasteiger partial charge >= 0.3 is 6.03 Å². The molecule has 1 saturated carbocycles. The Kier molecular flexibility index (Phi) is 5.35. The van der Waals surface area contributed by atoms with E-state index in [4.69, 9.17) is 4.42 Å². The van der Waals surface area contributed by atoms with Crippen molar-refractivity contribution < 1.29 is 14.0 Å². The fourth-order valence-corrected chi connectivity index (χ4v) is 3.33. The first-order valence-corrected chi connectivity index (χ1v) is 9.36. The first-order chi connectivity index (χ1) is 11.9. The highest BCUT2D eigenvalue weighted by atomic mass is 16.3. The summed E-state index contributed by atoms with van der Waals surface area (Å²) in [5.74, 6) is 3.41. The molecule has 2 heterocycles. The van der Waals surface area contributed by atoms with Crippen LogP contribution in [0.1, 0.15) is 51.1 Å². The molecule has 0 spiro atoms. The summed E-state index contributed by atoms with van der Waals surface area (Å²) in [5.41, 5.74) is 0. The van der Waals surface area contributed by atoms with Crippen LogP contribution in [0.2, 0.25) is 0 Å². The number of amides is 3. The lowest BCUT2D eigenvalue weighted by atomic mass is 10.2. The summed E-state index contributed by atoms with van der Waals surface area (Å²) in [6.07, 6.45) is 2.32. The molecule has 0 aromatic carbocycles. The molecule has 6 nitrogen and oxygen atoms in total. The number of hydrogen-bond donors (Lipinski definition) is 1. The minimum absolute atomic E-state index is 0.0421. The molecule has 3 rings (SSSR count). The predicted molar refractivity (Wildman–Crippen MR) is 95.4 cm³/mol. The van der Waals surface area contributed by atoms with E-state index in [0.717, 1.165) is 17.4 Å². The normalized spacial score (nSPS) is 23.0. The van der Waals surface area contributed by atoms with E-state index >= 15 is 0 Å². The van der Waals surface area contributed by atoms with Crippen molar-refractivity contribution in [2.45, 2.75) is 52.0 Å². The number of carbonyl (C=O) groups excluding carboxylic acids is 2. The van der Waals surface area contributed by atoms with Crippen molar-refractivity contribution in [3.05, 3.63) is 23.7 Å². The summed E-state index contributed by atoms with van der Waals surface area (Å²) < 4.78 is 5.87. The van der Waals surface area contributed by atoms with Crippen LogP contribution in [0.5, 0.6) is 0 Å². The van der Waals surface area contributed by atoms with Crippen molar-refractivity contribution in [3.63, 3.8) is 0 Å². The molecule has 0 radical (unpaired) electrons. The van der Waals surface area contributed by atoms with Gasteiger partial charge in [-0.05, 0) is 38.3 Å². The van der Waals surface area contributed by atoms with E-state index in [0.29, 0.717) is 44.9 Å². The number of nitrogens with zero attached hydrogens (tertiary/aromatic N) is 2. The maximum atomic E-state index is 12.4. The van der Waals surface area contributed by atoms with E-state index in [1.54, 1.807) is 4.90 Å². The average Bonchev–Trinajstić information content (AvgIpc) is 3.13. The zero-order valence-electron chi connectivity index (χ0n) is 15.5. The van der Waals surface area contributed by atoms with Crippen molar-refractivity contribution in [2.75, 3.05) is 26.2 Å². The van der Waals surface area contributed by atoms with Crippen LogP contribution in [-0.4, -0.2) is 54.0 Å². The Balaban J connectivity index is 1.40. The molecule has 0 unspecified atom stereocenters. The number of aryl methyl sites for hydroxylation is 1. The molecule has 138 valence electrons. The maximum absolute atomic E-state index is 12.4. The van der Waals surface area contributed by atoms with Gasteiger partial charge in [0, 0.05) is 51.0 Å². The Morgan fingerprint density at radius 3 is 2.44 bits per heavy atom. The van der Waals surface area contributed by atoms with Crippen LogP contribution in [0.3, 0.4) is 0 Å². The van der Waals surface area contributed by atoms with Gasteiger partial charge in [-0.25, -0.2) is 4.79 Å². The largest absolute Gasteiger partial charge is 0.466 e. The molecule has 2 aliphatic rings. The SMILES string of the molecule is CC(C)NC(=O)N1CCN(C(=O)CCc2ccc([C@H]3C[C@@H]3C)o2)CC1. The highest BCUT2D eigenvalue weighted by molar-refractivity contribution is 5.78. The van der Waals surface area contributed by atoms with Gasteiger partial charge in [0.1, 0.15) is 11.5 Å². The molecular weight excluding hydrogens is 318 g/mol. The Hall–Kier alpha value is -1.98. The molecule has 1 N–H and O–H groups in total. The number of furan rings is 1. The van der Waals surface area contributed by atoms with Gasteiger partial charge in [0.2, 0.25) is 5.91 Å². The van der Waals surface area contributed by atoms with Crippen molar-refractivity contribution in [1.82, 2.24) is 15.1 Å². The van der Waals surface area contributed by atoms with Crippen LogP contribution in [0.4, 0.5) is 4.79 Å². The number of hydrogen-bond acceptors (Lipinski definition) is 3. The van der Waals surface area contributed by atoms with Gasteiger partial charge in [-0.3, -0.25) is 4.79 Å². The molecule has 1 aliphatic carbocycles. The maximum Gasteiger partial charge on any atom is 0.317 e. The lowest BCUT2D eigenvalue weighted by Gasteiger charge is -2.35. The molecular formula is C19H29N3O3. The Morgan fingerprint density at radius 1 is 1.20 bits per heavy atom. The monoisotopic (exact) mass is 347 g/mol. The van der Waals surface area contributed by atoms with Crippen molar-refractivity contribution >= 4 is 11.9 Å². The second-order valence-corrected chi connectivity index (χ2v) is 7.60. The van der Waals surface area contributed by atoms with E-state index in [9.17, 15) is 9.59 Å². The Morgan fingerprint density at radius 2 is 1.84 bits per heavy atom. The van der Waals surface area contributed by atoms with Gasteiger partial charge < -0.3 is 19.5 Å². The number of nitrogens with one attached hydrogen (secondary N) is 1. The van der Waals surface area contributed by atoms with Crippen LogP contribution in [0.25, 0.3) is 0 Å². The van der Waals surface area contributed by atoms with E-state index in [1.165, 1.54) is 6.42 Å². The third kappa shape index (κ3) is 4.55. The average molecular weight is 347 g/mol. The fourth-order valence-electron chi connectivity index (χ4n) is 3.33. The lowest BCUT2D eigenvalue weighted by molar-refractivity contribution is -0.132. The number of carbonyl (C=O) groups is 2. The third-order valence-electron chi connectivity index (χ3n) is 5.07. The van der Waals surface area contributed by atoms with E-state index in [-0.39, 0.29) is 18.0 Å². The molecule has 25 heavy (non-hydrogen) atoms. The smallest absolute Gasteiger partial charge is 0.317 e. The third-order valence-corrected chi connectivity index (χ3v) is 5.07. The molecule has 1 aliphatic heterocycles. The van der Waals surface area contributed by atoms with Gasteiger partial charge in [0.05, 0.1) is 0 Å². The quantitative estimate of drug-likeness (QED) is 0.890. The Labute approximate surface area is 149 Å². The van der Waals surface area contributed by atoms with Crippen LogP contribution in [0.15, 0.2) is 16.5 Å². The van der Waals surface area contributed by atoms with Gasteiger partial charge in [0.25, 0.3) is 0 Å². The van der Waals surface area contributed by atoms with Crippen molar-refractivity contribution in [2.24, 2.45) is 5.92 Å². The van der Waals surface area contributed by atoms with Crippen molar-refractivity contribution in [3.8, 4) is 0 Å². The first kappa shape index (κ1) is 17.8. The summed E-state index contributed by atoms with van der Waals surface area (Å²) >= 11 is 0. The molecule has 1 aromatic heterocycles. The summed E-state index contributed by atoms with van der Waals surface area (Å²) in [6.45, 7) is 8.52. The number of piperazine rings is 1. The molecule has 0 bridgehead atoms. The first-order valence-electron chi connectivity index (χ1n) is 9.36.